The summed E-state index contributed by atoms with van der Waals surface area (Å²) in [6.45, 7) is 15.1. The van der Waals surface area contributed by atoms with Gasteiger partial charge in [0, 0.05) is 12.2 Å². The smallest absolute Gasteiger partial charge is 0.321 e. The lowest BCUT2D eigenvalue weighted by Crippen LogP contribution is -2.30. The lowest BCUT2D eigenvalue weighted by molar-refractivity contribution is 0.127. The molecule has 0 aromatic heterocycles. The predicted molar refractivity (Wildman–Crippen MR) is 68.5 cm³/mol. The van der Waals surface area contributed by atoms with Gasteiger partial charge in [0.05, 0.1) is 0 Å². The number of hydrogen-bond acceptors (Lipinski definition) is 2. The summed E-state index contributed by atoms with van der Waals surface area (Å²) in [5, 5.41) is 0. The van der Waals surface area contributed by atoms with Crippen molar-refractivity contribution >= 4 is 9.28 Å². The molecular formula is C12H28O2Si. The third-order valence-corrected chi connectivity index (χ3v) is 4.43. The largest absolute Gasteiger partial charge is 0.394 e. The molecule has 0 aromatic rings. The van der Waals surface area contributed by atoms with Crippen LogP contribution in [-0.4, -0.2) is 21.5 Å². The van der Waals surface area contributed by atoms with E-state index in [1.54, 1.807) is 0 Å². The molecule has 0 heterocycles. The zero-order valence-corrected chi connectivity index (χ0v) is 12.6. The molecule has 0 aliphatic rings. The zero-order valence-electron chi connectivity index (χ0n) is 11.5. The van der Waals surface area contributed by atoms with Crippen LogP contribution in [0.1, 0.15) is 54.9 Å². The van der Waals surface area contributed by atoms with Crippen LogP contribution < -0.4 is 0 Å². The van der Waals surface area contributed by atoms with Gasteiger partial charge in [0.25, 0.3) is 0 Å². The second-order valence-corrected chi connectivity index (χ2v) is 7.88. The number of rotatable bonds is 6. The summed E-state index contributed by atoms with van der Waals surface area (Å²) in [5.74, 6) is 0. The molecule has 0 radical (unpaired) electrons. The van der Waals surface area contributed by atoms with E-state index < -0.39 is 9.28 Å². The van der Waals surface area contributed by atoms with E-state index in [9.17, 15) is 0 Å². The van der Waals surface area contributed by atoms with Crippen molar-refractivity contribution in [2.75, 3.05) is 0 Å². The van der Waals surface area contributed by atoms with Crippen molar-refractivity contribution in [1.29, 1.82) is 0 Å². The summed E-state index contributed by atoms with van der Waals surface area (Å²) >= 11 is 0. The molecule has 15 heavy (non-hydrogen) atoms. The summed E-state index contributed by atoms with van der Waals surface area (Å²) in [6, 6.07) is 1.11. The fourth-order valence-electron chi connectivity index (χ4n) is 1.33. The zero-order chi connectivity index (χ0) is 12.1. The molecule has 0 atom stereocenters. The van der Waals surface area contributed by atoms with Crippen molar-refractivity contribution in [3.8, 4) is 0 Å². The Labute approximate surface area is 97.2 Å². The Bertz CT molecular complexity index is 151. The van der Waals surface area contributed by atoms with Crippen LogP contribution in [0.25, 0.3) is 0 Å². The third-order valence-electron chi connectivity index (χ3n) is 1.98. The van der Waals surface area contributed by atoms with Crippen LogP contribution in [0.5, 0.6) is 0 Å². The first-order valence-electron chi connectivity index (χ1n) is 6.01. The van der Waals surface area contributed by atoms with E-state index in [1.807, 2.05) is 0 Å². The molecule has 0 saturated carbocycles. The molecule has 0 N–H and O–H groups in total. The van der Waals surface area contributed by atoms with E-state index >= 15 is 0 Å². The van der Waals surface area contributed by atoms with E-state index in [1.165, 1.54) is 6.42 Å². The Hall–Kier alpha value is 0.137. The molecule has 0 aromatic carbocycles. The number of hydrogen-bond donors (Lipinski definition) is 0. The molecule has 0 unspecified atom stereocenters. The van der Waals surface area contributed by atoms with Crippen molar-refractivity contribution in [3.05, 3.63) is 0 Å². The van der Waals surface area contributed by atoms with Crippen molar-refractivity contribution in [3.63, 3.8) is 0 Å². The van der Waals surface area contributed by atoms with Gasteiger partial charge in [-0.1, -0.05) is 20.8 Å². The van der Waals surface area contributed by atoms with Gasteiger partial charge in [-0.25, -0.2) is 0 Å². The van der Waals surface area contributed by atoms with Gasteiger partial charge in [0.2, 0.25) is 0 Å². The minimum atomic E-state index is -1.45. The van der Waals surface area contributed by atoms with E-state index in [0.29, 0.717) is 17.6 Å². The average Bonchev–Trinajstić information content (AvgIpc) is 1.96. The standard InChI is InChI=1S/C12H28O2Si/c1-10(2)13-15(14-11(3)4)9-8-12(5,6)7/h10-11,15H,8-9H2,1-7H3. The predicted octanol–water partition coefficient (Wildman–Crippen LogP) is 3.49. The van der Waals surface area contributed by atoms with Crippen LogP contribution in [0.4, 0.5) is 0 Å². The van der Waals surface area contributed by atoms with Gasteiger partial charge in [-0.3, -0.25) is 0 Å². The van der Waals surface area contributed by atoms with Gasteiger partial charge >= 0.3 is 9.28 Å². The first-order chi connectivity index (χ1) is 6.70. The normalized spacial score (nSPS) is 13.2. The Kier molecular flexibility index (Phi) is 6.72. The van der Waals surface area contributed by atoms with Gasteiger partial charge in [-0.2, -0.15) is 0 Å². The molecule has 2 nitrogen and oxygen atoms in total. The van der Waals surface area contributed by atoms with E-state index in [2.05, 4.69) is 48.5 Å². The molecule has 0 aliphatic heterocycles. The maximum atomic E-state index is 5.87. The van der Waals surface area contributed by atoms with Crippen molar-refractivity contribution in [2.24, 2.45) is 5.41 Å². The van der Waals surface area contributed by atoms with E-state index in [-0.39, 0.29) is 0 Å². The summed E-state index contributed by atoms with van der Waals surface area (Å²) in [4.78, 5) is 0. The van der Waals surface area contributed by atoms with Gasteiger partial charge in [0.15, 0.2) is 0 Å². The molecular weight excluding hydrogens is 204 g/mol. The van der Waals surface area contributed by atoms with Gasteiger partial charge in [0.1, 0.15) is 0 Å². The molecule has 0 aliphatic carbocycles. The lowest BCUT2D eigenvalue weighted by atomic mass is 9.94. The van der Waals surface area contributed by atoms with E-state index in [4.69, 9.17) is 8.85 Å². The van der Waals surface area contributed by atoms with Crippen LogP contribution >= 0.6 is 0 Å². The molecule has 0 spiro atoms. The van der Waals surface area contributed by atoms with Gasteiger partial charge in [-0.05, 0) is 45.6 Å². The van der Waals surface area contributed by atoms with Crippen LogP contribution in [0.15, 0.2) is 0 Å². The first-order valence-corrected chi connectivity index (χ1v) is 7.77. The second-order valence-electron chi connectivity index (χ2n) is 5.90. The highest BCUT2D eigenvalue weighted by atomic mass is 28.3. The van der Waals surface area contributed by atoms with Crippen molar-refractivity contribution in [1.82, 2.24) is 0 Å². The van der Waals surface area contributed by atoms with Crippen LogP contribution in [0.3, 0.4) is 0 Å². The van der Waals surface area contributed by atoms with Crippen LogP contribution in [0.2, 0.25) is 6.04 Å². The molecule has 92 valence electrons. The first kappa shape index (κ1) is 15.1. The minimum absolute atomic E-state index is 0.292. The highest BCUT2D eigenvalue weighted by molar-refractivity contribution is 6.44. The molecule has 0 amide bonds. The summed E-state index contributed by atoms with van der Waals surface area (Å²) in [7, 11) is -1.45. The average molecular weight is 232 g/mol. The SMILES string of the molecule is CC(C)O[SiH](CCC(C)(C)C)OC(C)C. The molecule has 0 rings (SSSR count). The fourth-order valence-corrected chi connectivity index (χ4v) is 3.98. The van der Waals surface area contributed by atoms with E-state index in [0.717, 1.165) is 6.04 Å². The summed E-state index contributed by atoms with van der Waals surface area (Å²) in [5.41, 5.74) is 0.381. The molecule has 0 bridgehead atoms. The highest BCUT2D eigenvalue weighted by Crippen LogP contribution is 2.23. The Balaban J connectivity index is 4.01. The molecule has 3 heteroatoms. The van der Waals surface area contributed by atoms with Crippen molar-refractivity contribution < 1.29 is 8.85 Å². The molecule has 0 fully saturated rings. The minimum Gasteiger partial charge on any atom is -0.394 e. The Morgan fingerprint density at radius 1 is 0.933 bits per heavy atom. The third kappa shape index (κ3) is 10.4. The summed E-state index contributed by atoms with van der Waals surface area (Å²) < 4.78 is 11.7. The highest BCUT2D eigenvalue weighted by Gasteiger charge is 2.20. The second kappa shape index (κ2) is 6.66. The topological polar surface area (TPSA) is 18.5 Å². The Morgan fingerprint density at radius 3 is 1.60 bits per heavy atom. The Morgan fingerprint density at radius 2 is 1.33 bits per heavy atom. The van der Waals surface area contributed by atoms with Gasteiger partial charge < -0.3 is 8.85 Å². The maximum absolute atomic E-state index is 5.87. The molecule has 0 saturated heterocycles. The van der Waals surface area contributed by atoms with Crippen molar-refractivity contribution in [2.45, 2.75) is 73.1 Å². The fraction of sp³-hybridized carbons (Fsp3) is 1.00. The van der Waals surface area contributed by atoms with Crippen LogP contribution in [-0.2, 0) is 8.85 Å². The van der Waals surface area contributed by atoms with Crippen LogP contribution in [0, 0.1) is 5.41 Å². The monoisotopic (exact) mass is 232 g/mol. The maximum Gasteiger partial charge on any atom is 0.321 e. The summed E-state index contributed by atoms with van der Waals surface area (Å²) in [6.07, 6.45) is 1.77. The quantitative estimate of drug-likeness (QED) is 0.653. The van der Waals surface area contributed by atoms with Gasteiger partial charge in [-0.15, -0.1) is 0 Å². The lowest BCUT2D eigenvalue weighted by Gasteiger charge is -2.25.